The molecule has 0 bridgehead atoms. The van der Waals surface area contributed by atoms with Crippen molar-refractivity contribution in [3.05, 3.63) is 125 Å². The maximum atomic E-state index is 12.5. The molecule has 1 aromatic heterocycles. The Hall–Kier alpha value is -5.28. The minimum Gasteiger partial charge on any atom is -0.484 e. The van der Waals surface area contributed by atoms with Crippen LogP contribution in [0.5, 0.6) is 5.75 Å². The number of carbonyl (C=O) groups excluding carboxylic acids is 2. The Morgan fingerprint density at radius 1 is 0.902 bits per heavy atom. The number of hydrogen-bond donors (Lipinski definition) is 3. The summed E-state index contributed by atoms with van der Waals surface area (Å²) in [6.45, 7) is 1.86. The van der Waals surface area contributed by atoms with Gasteiger partial charge < -0.3 is 15.4 Å². The number of nitrogens with zero attached hydrogens (tertiary/aromatic N) is 2. The van der Waals surface area contributed by atoms with Crippen molar-refractivity contribution in [2.45, 2.75) is 6.92 Å². The predicted octanol–water partition coefficient (Wildman–Crippen LogP) is 6.64. The molecular formula is C32H27N5O3S. The average molecular weight is 562 g/mol. The lowest BCUT2D eigenvalue weighted by molar-refractivity contribution is -0.118. The first-order valence-corrected chi connectivity index (χ1v) is 13.7. The molecule has 0 saturated carbocycles. The van der Waals surface area contributed by atoms with E-state index in [9.17, 15) is 9.59 Å². The Kier molecular flexibility index (Phi) is 8.78. The van der Waals surface area contributed by atoms with E-state index in [1.807, 2.05) is 79.0 Å². The lowest BCUT2D eigenvalue weighted by atomic mass is 10.1. The number of benzene rings is 4. The molecule has 4 aromatic carbocycles. The van der Waals surface area contributed by atoms with Gasteiger partial charge >= 0.3 is 0 Å². The van der Waals surface area contributed by atoms with Gasteiger partial charge in [-0.3, -0.25) is 9.59 Å². The molecule has 0 radical (unpaired) electrons. The quantitative estimate of drug-likeness (QED) is 0.131. The molecule has 204 valence electrons. The van der Waals surface area contributed by atoms with Crippen LogP contribution in [-0.4, -0.2) is 29.6 Å². The molecule has 0 spiro atoms. The number of rotatable bonds is 10. The predicted molar refractivity (Wildman–Crippen MR) is 164 cm³/mol. The van der Waals surface area contributed by atoms with Gasteiger partial charge in [0.2, 0.25) is 0 Å². The van der Waals surface area contributed by atoms with Crippen LogP contribution in [0.3, 0.4) is 0 Å². The number of aryl methyl sites for hydroxylation is 1. The average Bonchev–Trinajstić information content (AvgIpc) is 3.46. The van der Waals surface area contributed by atoms with Gasteiger partial charge in [0.1, 0.15) is 5.75 Å². The number of carbonyl (C=O) groups is 2. The van der Waals surface area contributed by atoms with Crippen LogP contribution in [0.15, 0.2) is 114 Å². The van der Waals surface area contributed by atoms with E-state index in [1.165, 1.54) is 17.6 Å². The highest BCUT2D eigenvalue weighted by Gasteiger charge is 2.08. The van der Waals surface area contributed by atoms with E-state index >= 15 is 0 Å². The third-order valence-electron chi connectivity index (χ3n) is 5.90. The van der Waals surface area contributed by atoms with Gasteiger partial charge in [0.15, 0.2) is 11.7 Å². The van der Waals surface area contributed by atoms with Gasteiger partial charge in [-0.2, -0.15) is 5.10 Å². The monoisotopic (exact) mass is 561 g/mol. The van der Waals surface area contributed by atoms with Crippen LogP contribution in [0.2, 0.25) is 0 Å². The Bertz CT molecular complexity index is 1650. The first-order valence-electron chi connectivity index (χ1n) is 12.8. The Balaban J connectivity index is 1.08. The van der Waals surface area contributed by atoms with Crippen LogP contribution in [0.4, 0.5) is 16.5 Å². The van der Waals surface area contributed by atoms with Gasteiger partial charge in [-0.1, -0.05) is 42.5 Å². The molecule has 0 aliphatic carbocycles. The molecule has 0 atom stereocenters. The van der Waals surface area contributed by atoms with Crippen molar-refractivity contribution in [1.29, 1.82) is 0 Å². The number of anilines is 3. The summed E-state index contributed by atoms with van der Waals surface area (Å²) in [6.07, 6.45) is 1.54. The van der Waals surface area contributed by atoms with Crippen LogP contribution in [-0.2, 0) is 4.79 Å². The molecule has 0 aliphatic rings. The summed E-state index contributed by atoms with van der Waals surface area (Å²) < 4.78 is 5.56. The maximum Gasteiger partial charge on any atom is 0.271 e. The van der Waals surface area contributed by atoms with Crippen LogP contribution in [0.1, 0.15) is 21.5 Å². The van der Waals surface area contributed by atoms with Gasteiger partial charge in [0.05, 0.1) is 11.9 Å². The van der Waals surface area contributed by atoms with Gasteiger partial charge in [-0.25, -0.2) is 10.4 Å². The second-order valence-corrected chi connectivity index (χ2v) is 9.94. The van der Waals surface area contributed by atoms with Crippen LogP contribution >= 0.6 is 11.3 Å². The minimum absolute atomic E-state index is 0.107. The highest BCUT2D eigenvalue weighted by molar-refractivity contribution is 7.14. The summed E-state index contributed by atoms with van der Waals surface area (Å²) in [4.78, 5) is 29.3. The fourth-order valence-electron chi connectivity index (χ4n) is 3.85. The molecule has 9 heteroatoms. The lowest BCUT2D eigenvalue weighted by Crippen LogP contribution is -2.20. The van der Waals surface area contributed by atoms with E-state index in [-0.39, 0.29) is 18.4 Å². The molecule has 8 nitrogen and oxygen atoms in total. The second-order valence-electron chi connectivity index (χ2n) is 9.08. The standard InChI is InChI=1S/C32H27N5O3S/c1-22-6-5-9-27(18-22)34-30(38)20-40-28-16-10-23(11-17-28)19-33-37-31(39)25-14-12-24(13-15-25)29-21-41-32(36-29)35-26-7-3-2-4-8-26/h2-19,21H,20H2,1H3,(H,34,38)(H,35,36)(H,37,39)/b33-19+. The van der Waals surface area contributed by atoms with Crippen molar-refractivity contribution in [2.24, 2.45) is 5.10 Å². The molecular weight excluding hydrogens is 534 g/mol. The van der Waals surface area contributed by atoms with Gasteiger partial charge in [-0.05, 0) is 78.7 Å². The molecule has 3 N–H and O–H groups in total. The molecule has 1 heterocycles. The van der Waals surface area contributed by atoms with E-state index in [2.05, 4.69) is 26.1 Å². The molecule has 0 saturated heterocycles. The molecule has 0 unspecified atom stereocenters. The van der Waals surface area contributed by atoms with Crippen LogP contribution in [0, 0.1) is 6.92 Å². The van der Waals surface area contributed by atoms with Crippen LogP contribution in [0.25, 0.3) is 11.3 Å². The second kappa shape index (κ2) is 13.2. The highest BCUT2D eigenvalue weighted by Crippen LogP contribution is 2.27. The number of thiazole rings is 1. The van der Waals surface area contributed by atoms with E-state index in [0.29, 0.717) is 11.3 Å². The summed E-state index contributed by atoms with van der Waals surface area (Å²) in [6, 6.07) is 31.7. The van der Waals surface area contributed by atoms with E-state index in [0.717, 1.165) is 38.9 Å². The zero-order valence-corrected chi connectivity index (χ0v) is 23.0. The molecule has 5 rings (SSSR count). The van der Waals surface area contributed by atoms with Crippen molar-refractivity contribution in [3.8, 4) is 17.0 Å². The molecule has 0 fully saturated rings. The SMILES string of the molecule is Cc1cccc(NC(=O)COc2ccc(/C=N/NC(=O)c3ccc(-c4csc(Nc5ccccc5)n4)cc3)cc2)c1. The molecule has 41 heavy (non-hydrogen) atoms. The van der Waals surface area contributed by atoms with Crippen molar-refractivity contribution in [3.63, 3.8) is 0 Å². The summed E-state index contributed by atoms with van der Waals surface area (Å²) in [5, 5.41) is 12.9. The number of para-hydroxylation sites is 1. The lowest BCUT2D eigenvalue weighted by Gasteiger charge is -2.08. The van der Waals surface area contributed by atoms with Crippen molar-refractivity contribution >= 4 is 45.9 Å². The van der Waals surface area contributed by atoms with Crippen molar-refractivity contribution in [1.82, 2.24) is 10.4 Å². The summed E-state index contributed by atoms with van der Waals surface area (Å²) in [5.41, 5.74) is 8.30. The largest absolute Gasteiger partial charge is 0.484 e. The number of hydrazone groups is 1. The Labute approximate surface area is 241 Å². The smallest absolute Gasteiger partial charge is 0.271 e. The van der Waals surface area contributed by atoms with E-state index < -0.39 is 0 Å². The number of amides is 2. The Morgan fingerprint density at radius 3 is 2.41 bits per heavy atom. The first-order chi connectivity index (χ1) is 20.0. The zero-order chi connectivity index (χ0) is 28.4. The minimum atomic E-state index is -0.322. The number of ether oxygens (including phenoxy) is 1. The fourth-order valence-corrected chi connectivity index (χ4v) is 4.59. The topological polar surface area (TPSA) is 105 Å². The van der Waals surface area contributed by atoms with Gasteiger partial charge in [-0.15, -0.1) is 11.3 Å². The third kappa shape index (κ3) is 7.87. The number of nitrogens with one attached hydrogen (secondary N) is 3. The van der Waals surface area contributed by atoms with Crippen molar-refractivity contribution < 1.29 is 14.3 Å². The van der Waals surface area contributed by atoms with Crippen molar-refractivity contribution in [2.75, 3.05) is 17.2 Å². The van der Waals surface area contributed by atoms with Crippen LogP contribution < -0.4 is 20.8 Å². The van der Waals surface area contributed by atoms with E-state index in [1.54, 1.807) is 36.4 Å². The summed E-state index contributed by atoms with van der Waals surface area (Å²) in [5.74, 6) is -0.0146. The van der Waals surface area contributed by atoms with Gasteiger partial charge in [0.25, 0.3) is 11.8 Å². The number of aromatic nitrogens is 1. The maximum absolute atomic E-state index is 12.5. The highest BCUT2D eigenvalue weighted by atomic mass is 32.1. The zero-order valence-electron chi connectivity index (χ0n) is 22.2. The molecule has 5 aromatic rings. The van der Waals surface area contributed by atoms with E-state index in [4.69, 9.17) is 4.74 Å². The summed E-state index contributed by atoms with van der Waals surface area (Å²) >= 11 is 1.52. The number of hydrogen-bond acceptors (Lipinski definition) is 7. The summed E-state index contributed by atoms with van der Waals surface area (Å²) in [7, 11) is 0. The first kappa shape index (κ1) is 27.3. The molecule has 0 aliphatic heterocycles. The molecule has 2 amide bonds. The van der Waals surface area contributed by atoms with Gasteiger partial charge in [0, 0.05) is 27.9 Å². The normalized spacial score (nSPS) is 10.8. The Morgan fingerprint density at radius 2 is 1.66 bits per heavy atom. The fraction of sp³-hybridized carbons (Fsp3) is 0.0625. The third-order valence-corrected chi connectivity index (χ3v) is 6.66.